The zero-order chi connectivity index (χ0) is 21.3. The Hall–Kier alpha value is -2.53. The molecule has 0 spiro atoms. The molecule has 1 unspecified atom stereocenters. The Morgan fingerprint density at radius 3 is 2.43 bits per heavy atom. The number of H-pyrrole nitrogens is 1. The maximum atomic E-state index is 11.8. The summed E-state index contributed by atoms with van der Waals surface area (Å²) >= 11 is 3.50. The third-order valence-electron chi connectivity index (χ3n) is 4.64. The summed E-state index contributed by atoms with van der Waals surface area (Å²) in [4.78, 5) is 27.8. The minimum absolute atomic E-state index is 0.333. The maximum absolute atomic E-state index is 11.8. The molecule has 0 bridgehead atoms. The Morgan fingerprint density at radius 2 is 1.93 bits per heavy atom. The molecular formula is C20H24BrN3O4. The van der Waals surface area contributed by atoms with Crippen molar-refractivity contribution in [3.63, 3.8) is 0 Å². The van der Waals surface area contributed by atoms with Gasteiger partial charge in [-0.2, -0.15) is 5.26 Å². The molecule has 1 aromatic carbocycles. The van der Waals surface area contributed by atoms with E-state index in [9.17, 15) is 20.0 Å². The minimum atomic E-state index is -1.18. The zero-order valence-electron chi connectivity index (χ0n) is 16.6. The van der Waals surface area contributed by atoms with Crippen LogP contribution in [0.25, 0.3) is 10.9 Å². The van der Waals surface area contributed by atoms with Crippen LogP contribution in [-0.4, -0.2) is 45.2 Å². The Morgan fingerprint density at radius 1 is 1.29 bits per heavy atom. The van der Waals surface area contributed by atoms with Gasteiger partial charge in [-0.05, 0) is 80.2 Å². The Labute approximate surface area is 172 Å². The Bertz CT molecular complexity index is 955. The molecule has 28 heavy (non-hydrogen) atoms. The highest BCUT2D eigenvalue weighted by molar-refractivity contribution is 9.10. The first-order valence-electron chi connectivity index (χ1n) is 8.77. The molecule has 0 saturated heterocycles. The lowest BCUT2D eigenvalue weighted by Gasteiger charge is -2.43. The molecule has 1 atom stereocenters. The van der Waals surface area contributed by atoms with Crippen LogP contribution in [0.3, 0.4) is 0 Å². The first-order chi connectivity index (χ1) is 12.9. The van der Waals surface area contributed by atoms with Crippen LogP contribution in [0.2, 0.25) is 0 Å². The van der Waals surface area contributed by atoms with Gasteiger partial charge < -0.3 is 14.8 Å². The SMILES string of the molecule is COC(=O)c1cc2cc(CCC(C)(C#N)N(C(=O)O)C(C)(C)C)cc(Br)c2[nH]1. The third kappa shape index (κ3) is 4.30. The topological polar surface area (TPSA) is 106 Å². The van der Waals surface area contributed by atoms with Crippen LogP contribution in [0.4, 0.5) is 4.79 Å². The highest BCUT2D eigenvalue weighted by Gasteiger charge is 2.42. The predicted molar refractivity (Wildman–Crippen MR) is 109 cm³/mol. The van der Waals surface area contributed by atoms with Crippen molar-refractivity contribution in [2.75, 3.05) is 7.11 Å². The highest BCUT2D eigenvalue weighted by atomic mass is 79.9. The number of carboxylic acid groups (broad SMARTS) is 1. The molecule has 2 rings (SSSR count). The van der Waals surface area contributed by atoms with Crippen molar-refractivity contribution in [1.29, 1.82) is 5.26 Å². The van der Waals surface area contributed by atoms with Crippen molar-refractivity contribution < 1.29 is 19.4 Å². The molecule has 0 fully saturated rings. The number of aryl methyl sites for hydroxylation is 1. The van der Waals surface area contributed by atoms with E-state index in [1.807, 2.05) is 12.1 Å². The van der Waals surface area contributed by atoms with Crippen molar-refractivity contribution in [2.45, 2.75) is 51.6 Å². The number of benzene rings is 1. The van der Waals surface area contributed by atoms with E-state index in [1.165, 1.54) is 12.0 Å². The number of amides is 1. The number of carbonyl (C=O) groups is 2. The number of hydrogen-bond acceptors (Lipinski definition) is 4. The fraction of sp³-hybridized carbons (Fsp3) is 0.450. The van der Waals surface area contributed by atoms with Crippen molar-refractivity contribution >= 4 is 38.9 Å². The number of methoxy groups -OCH3 is 1. The average molecular weight is 450 g/mol. The second kappa shape index (κ2) is 7.84. The van der Waals surface area contributed by atoms with Crippen molar-refractivity contribution in [2.24, 2.45) is 0 Å². The van der Waals surface area contributed by atoms with Gasteiger partial charge in [0.2, 0.25) is 0 Å². The number of fused-ring (bicyclic) bond motifs is 1. The van der Waals surface area contributed by atoms with Crippen LogP contribution in [0, 0.1) is 11.3 Å². The van der Waals surface area contributed by atoms with E-state index in [0.717, 1.165) is 20.9 Å². The van der Waals surface area contributed by atoms with Crippen LogP contribution in [0.5, 0.6) is 0 Å². The first-order valence-corrected chi connectivity index (χ1v) is 9.56. The van der Waals surface area contributed by atoms with Gasteiger partial charge in [0.25, 0.3) is 0 Å². The zero-order valence-corrected chi connectivity index (χ0v) is 18.2. The summed E-state index contributed by atoms with van der Waals surface area (Å²) in [6.07, 6.45) is -0.294. The molecule has 0 aliphatic rings. The van der Waals surface area contributed by atoms with Crippen molar-refractivity contribution in [3.05, 3.63) is 33.9 Å². The summed E-state index contributed by atoms with van der Waals surface area (Å²) in [6, 6.07) is 7.71. The summed E-state index contributed by atoms with van der Waals surface area (Å²) < 4.78 is 5.52. The van der Waals surface area contributed by atoms with E-state index in [4.69, 9.17) is 4.74 Å². The lowest BCUT2D eigenvalue weighted by molar-refractivity contribution is 0.0459. The second-order valence-electron chi connectivity index (χ2n) is 7.89. The van der Waals surface area contributed by atoms with Crippen LogP contribution >= 0.6 is 15.9 Å². The standard InChI is InChI=1S/C20H24BrN3O4/c1-19(2,3)24(18(26)27)20(4,11-22)7-6-12-8-13-10-15(17(25)28-5)23-16(13)14(21)9-12/h8-10,23H,6-7H2,1-5H3,(H,26,27). The number of esters is 1. The highest BCUT2D eigenvalue weighted by Crippen LogP contribution is 2.31. The molecular weight excluding hydrogens is 426 g/mol. The van der Waals surface area contributed by atoms with E-state index in [-0.39, 0.29) is 0 Å². The third-order valence-corrected chi connectivity index (χ3v) is 5.27. The van der Waals surface area contributed by atoms with E-state index in [0.29, 0.717) is 18.5 Å². The molecule has 0 saturated carbocycles. The summed E-state index contributed by atoms with van der Waals surface area (Å²) in [6.45, 7) is 6.96. The van der Waals surface area contributed by atoms with Gasteiger partial charge in [-0.1, -0.05) is 0 Å². The molecule has 2 N–H and O–H groups in total. The molecule has 1 aromatic heterocycles. The number of aromatic nitrogens is 1. The molecule has 0 radical (unpaired) electrons. The summed E-state index contributed by atoms with van der Waals surface area (Å²) in [7, 11) is 1.32. The maximum Gasteiger partial charge on any atom is 0.409 e. The number of hydrogen-bond donors (Lipinski definition) is 2. The van der Waals surface area contributed by atoms with Gasteiger partial charge in [0.05, 0.1) is 18.7 Å². The van der Waals surface area contributed by atoms with Gasteiger partial charge in [-0.3, -0.25) is 4.90 Å². The number of aromatic amines is 1. The molecule has 1 heterocycles. The van der Waals surface area contributed by atoms with Gasteiger partial charge in [0, 0.05) is 15.4 Å². The molecule has 8 heteroatoms. The molecule has 2 aromatic rings. The van der Waals surface area contributed by atoms with Crippen molar-refractivity contribution in [1.82, 2.24) is 9.88 Å². The normalized spacial score (nSPS) is 13.6. The summed E-state index contributed by atoms with van der Waals surface area (Å²) in [5.41, 5.74) is 0.157. The minimum Gasteiger partial charge on any atom is -0.465 e. The summed E-state index contributed by atoms with van der Waals surface area (Å²) in [5, 5.41) is 20.2. The molecule has 7 nitrogen and oxygen atoms in total. The van der Waals surface area contributed by atoms with E-state index < -0.39 is 23.1 Å². The average Bonchev–Trinajstić information content (AvgIpc) is 3.02. The number of nitriles is 1. The van der Waals surface area contributed by atoms with Crippen LogP contribution in [0.1, 0.15) is 50.2 Å². The molecule has 1 amide bonds. The van der Waals surface area contributed by atoms with Crippen LogP contribution in [0.15, 0.2) is 22.7 Å². The van der Waals surface area contributed by atoms with Gasteiger partial charge in [0.15, 0.2) is 0 Å². The number of nitrogens with one attached hydrogen (secondary N) is 1. The van der Waals surface area contributed by atoms with E-state index in [1.54, 1.807) is 33.8 Å². The first kappa shape index (κ1) is 21.8. The number of carbonyl (C=O) groups excluding carboxylic acids is 1. The number of nitrogens with zero attached hydrogens (tertiary/aromatic N) is 2. The predicted octanol–water partition coefficient (Wildman–Crippen LogP) is 4.71. The molecule has 0 aliphatic carbocycles. The monoisotopic (exact) mass is 449 g/mol. The van der Waals surface area contributed by atoms with Gasteiger partial charge in [-0.25, -0.2) is 9.59 Å². The lowest BCUT2D eigenvalue weighted by Crippen LogP contribution is -2.57. The quantitative estimate of drug-likeness (QED) is 0.642. The molecule has 150 valence electrons. The van der Waals surface area contributed by atoms with Gasteiger partial charge in [-0.15, -0.1) is 0 Å². The largest absolute Gasteiger partial charge is 0.465 e. The van der Waals surface area contributed by atoms with Gasteiger partial charge in [0.1, 0.15) is 11.2 Å². The fourth-order valence-electron chi connectivity index (χ4n) is 3.47. The molecule has 0 aliphatic heterocycles. The Kier molecular flexibility index (Phi) is 6.09. The Balaban J connectivity index is 2.34. The van der Waals surface area contributed by atoms with Gasteiger partial charge >= 0.3 is 12.1 Å². The number of rotatable bonds is 5. The smallest absolute Gasteiger partial charge is 0.409 e. The van der Waals surface area contributed by atoms with Crippen LogP contribution < -0.4 is 0 Å². The fourth-order valence-corrected chi connectivity index (χ4v) is 4.09. The second-order valence-corrected chi connectivity index (χ2v) is 8.75. The van der Waals surface area contributed by atoms with E-state index >= 15 is 0 Å². The lowest BCUT2D eigenvalue weighted by atomic mass is 9.88. The summed E-state index contributed by atoms with van der Waals surface area (Å²) in [5.74, 6) is -0.455. The number of halogens is 1. The van der Waals surface area contributed by atoms with E-state index in [2.05, 4.69) is 27.0 Å². The van der Waals surface area contributed by atoms with Crippen molar-refractivity contribution in [3.8, 4) is 6.07 Å². The number of ether oxygens (including phenoxy) is 1. The van der Waals surface area contributed by atoms with Crippen LogP contribution in [-0.2, 0) is 11.2 Å².